The van der Waals surface area contributed by atoms with Gasteiger partial charge in [-0.1, -0.05) is 88.4 Å². The maximum Gasteiger partial charge on any atom is 0.107 e. The number of rotatable bonds is 4. The Balaban J connectivity index is 0.000000671. The Morgan fingerprint density at radius 3 is 1.88 bits per heavy atom. The summed E-state index contributed by atoms with van der Waals surface area (Å²) >= 11 is 0. The Hall–Kier alpha value is -2.35. The largest absolute Gasteiger partial charge is 0.346 e. The van der Waals surface area contributed by atoms with Crippen molar-refractivity contribution in [2.45, 2.75) is 47.5 Å². The van der Waals surface area contributed by atoms with Crippen LogP contribution in [-0.4, -0.2) is 9.97 Å². The summed E-state index contributed by atoms with van der Waals surface area (Å²) in [4.78, 5) is 8.14. The summed E-state index contributed by atoms with van der Waals surface area (Å²) in [7, 11) is 0. The first-order chi connectivity index (χ1) is 11.8. The number of aromatic amines is 1. The van der Waals surface area contributed by atoms with E-state index < -0.39 is 0 Å². The number of aryl methyl sites for hydroxylation is 3. The van der Waals surface area contributed by atoms with Crippen molar-refractivity contribution in [3.05, 3.63) is 77.7 Å². The van der Waals surface area contributed by atoms with E-state index in [1.165, 1.54) is 11.1 Å². The molecule has 0 saturated heterocycles. The molecule has 1 N–H and O–H groups in total. The predicted molar refractivity (Wildman–Crippen MR) is 105 cm³/mol. The highest BCUT2D eigenvalue weighted by Crippen LogP contribution is 2.21. The Kier molecular flexibility index (Phi) is 9.21. The minimum atomic E-state index is 0.942. The molecule has 0 saturated carbocycles. The molecule has 0 radical (unpaired) electrons. The van der Waals surface area contributed by atoms with Crippen LogP contribution >= 0.6 is 0 Å². The first kappa shape index (κ1) is 19.7. The van der Waals surface area contributed by atoms with Gasteiger partial charge in [-0.2, -0.15) is 0 Å². The summed E-state index contributed by atoms with van der Waals surface area (Å²) in [6, 6.07) is 20.9. The topological polar surface area (TPSA) is 28.7 Å². The first-order valence-electron chi connectivity index (χ1n) is 8.98. The second kappa shape index (κ2) is 11.2. The zero-order valence-electron chi connectivity index (χ0n) is 15.6. The van der Waals surface area contributed by atoms with E-state index in [0.29, 0.717) is 0 Å². The molecule has 0 fully saturated rings. The van der Waals surface area contributed by atoms with Gasteiger partial charge < -0.3 is 4.98 Å². The summed E-state index contributed by atoms with van der Waals surface area (Å²) in [6.45, 7) is 10.1. The molecule has 1 heterocycles. The molecule has 0 amide bonds. The van der Waals surface area contributed by atoms with Crippen molar-refractivity contribution in [2.24, 2.45) is 0 Å². The van der Waals surface area contributed by atoms with Gasteiger partial charge in [0.1, 0.15) is 5.82 Å². The average Bonchev–Trinajstić information content (AvgIpc) is 3.06. The molecule has 2 nitrogen and oxygen atoms in total. The number of imidazole rings is 1. The molecular formula is C22H30N2. The number of hydrogen-bond acceptors (Lipinski definition) is 1. The van der Waals surface area contributed by atoms with E-state index in [1.54, 1.807) is 0 Å². The molecule has 2 aromatic carbocycles. The summed E-state index contributed by atoms with van der Waals surface area (Å²) in [5.41, 5.74) is 4.72. The van der Waals surface area contributed by atoms with Crippen LogP contribution < -0.4 is 0 Å². The van der Waals surface area contributed by atoms with Crippen LogP contribution in [0.25, 0.3) is 11.3 Å². The van der Waals surface area contributed by atoms with Gasteiger partial charge in [-0.05, 0) is 18.9 Å². The molecule has 24 heavy (non-hydrogen) atoms. The van der Waals surface area contributed by atoms with Crippen molar-refractivity contribution < 1.29 is 0 Å². The number of nitrogens with zero attached hydrogens (tertiary/aromatic N) is 1. The molecule has 0 aliphatic rings. The van der Waals surface area contributed by atoms with Crippen LogP contribution in [0.5, 0.6) is 0 Å². The zero-order valence-corrected chi connectivity index (χ0v) is 15.6. The quantitative estimate of drug-likeness (QED) is 0.606. The van der Waals surface area contributed by atoms with Crippen LogP contribution in [0.3, 0.4) is 0 Å². The van der Waals surface area contributed by atoms with Crippen LogP contribution in [0.2, 0.25) is 0 Å². The molecule has 3 rings (SSSR count). The van der Waals surface area contributed by atoms with Gasteiger partial charge in [-0.25, -0.2) is 4.98 Å². The molecule has 0 aliphatic heterocycles. The standard InChI is InChI=1S/C18H18N2.2C2H6/c1-14-18(16-10-6-3-7-11-16)20-17(19-14)13-12-15-8-4-2-5-9-15;2*1-2/h2-11H,12-13H2,1H3,(H,19,20);2*1-2H3. The van der Waals surface area contributed by atoms with Gasteiger partial charge in [0, 0.05) is 17.7 Å². The van der Waals surface area contributed by atoms with Gasteiger partial charge in [0.05, 0.1) is 5.69 Å². The molecule has 1 aromatic heterocycles. The minimum Gasteiger partial charge on any atom is -0.346 e. The third-order valence-electron chi connectivity index (χ3n) is 3.47. The Labute approximate surface area is 147 Å². The summed E-state index contributed by atoms with van der Waals surface area (Å²) < 4.78 is 0. The summed E-state index contributed by atoms with van der Waals surface area (Å²) in [5.74, 6) is 1.06. The van der Waals surface area contributed by atoms with Crippen molar-refractivity contribution in [1.82, 2.24) is 9.97 Å². The molecule has 0 spiro atoms. The van der Waals surface area contributed by atoms with Crippen molar-refractivity contribution in [2.75, 3.05) is 0 Å². The van der Waals surface area contributed by atoms with Gasteiger partial charge in [-0.3, -0.25) is 0 Å². The van der Waals surface area contributed by atoms with E-state index in [2.05, 4.69) is 48.3 Å². The summed E-state index contributed by atoms with van der Waals surface area (Å²) in [5, 5.41) is 0. The fraction of sp³-hybridized carbons (Fsp3) is 0.318. The molecule has 128 valence electrons. The van der Waals surface area contributed by atoms with Gasteiger partial charge >= 0.3 is 0 Å². The van der Waals surface area contributed by atoms with Crippen molar-refractivity contribution >= 4 is 0 Å². The van der Waals surface area contributed by atoms with Gasteiger partial charge in [0.2, 0.25) is 0 Å². The molecule has 3 aromatic rings. The second-order valence-corrected chi connectivity index (χ2v) is 5.01. The summed E-state index contributed by atoms with van der Waals surface area (Å²) in [6.07, 6.45) is 1.96. The highest BCUT2D eigenvalue weighted by Gasteiger charge is 2.08. The fourth-order valence-electron chi connectivity index (χ4n) is 2.43. The molecule has 0 unspecified atom stereocenters. The smallest absolute Gasteiger partial charge is 0.107 e. The van der Waals surface area contributed by atoms with E-state index >= 15 is 0 Å². The number of benzene rings is 2. The monoisotopic (exact) mass is 322 g/mol. The van der Waals surface area contributed by atoms with E-state index in [-0.39, 0.29) is 0 Å². The van der Waals surface area contributed by atoms with Crippen LogP contribution in [0.15, 0.2) is 60.7 Å². The zero-order chi connectivity index (χ0) is 17.8. The van der Waals surface area contributed by atoms with Gasteiger partial charge in [-0.15, -0.1) is 0 Å². The number of hydrogen-bond donors (Lipinski definition) is 1. The Morgan fingerprint density at radius 2 is 1.29 bits per heavy atom. The molecule has 2 heteroatoms. The Bertz CT molecular complexity index is 670. The molecular weight excluding hydrogens is 292 g/mol. The lowest BCUT2D eigenvalue weighted by molar-refractivity contribution is 0.881. The van der Waals surface area contributed by atoms with Crippen molar-refractivity contribution in [1.29, 1.82) is 0 Å². The third kappa shape index (κ3) is 5.69. The van der Waals surface area contributed by atoms with Crippen LogP contribution in [0.4, 0.5) is 0 Å². The normalized spacial score (nSPS) is 9.38. The van der Waals surface area contributed by atoms with Gasteiger partial charge in [0.15, 0.2) is 0 Å². The lowest BCUT2D eigenvalue weighted by Gasteiger charge is -1.98. The molecule has 0 bridgehead atoms. The first-order valence-corrected chi connectivity index (χ1v) is 8.98. The Morgan fingerprint density at radius 1 is 0.750 bits per heavy atom. The minimum absolute atomic E-state index is 0.942. The SMILES string of the molecule is CC.CC.Cc1[nH]c(CCc2ccccc2)nc1-c1ccccc1. The second-order valence-electron chi connectivity index (χ2n) is 5.01. The molecule has 0 aliphatic carbocycles. The van der Waals surface area contributed by atoms with Crippen LogP contribution in [0, 0.1) is 6.92 Å². The molecule has 0 atom stereocenters. The van der Waals surface area contributed by atoms with Crippen molar-refractivity contribution in [3.63, 3.8) is 0 Å². The lowest BCUT2D eigenvalue weighted by Crippen LogP contribution is -1.93. The number of nitrogens with one attached hydrogen (secondary N) is 1. The van der Waals surface area contributed by atoms with E-state index in [0.717, 1.165) is 30.1 Å². The highest BCUT2D eigenvalue weighted by atomic mass is 14.9. The van der Waals surface area contributed by atoms with Crippen molar-refractivity contribution in [3.8, 4) is 11.3 Å². The number of aromatic nitrogens is 2. The lowest BCUT2D eigenvalue weighted by atomic mass is 10.1. The third-order valence-corrected chi connectivity index (χ3v) is 3.47. The highest BCUT2D eigenvalue weighted by molar-refractivity contribution is 5.61. The maximum atomic E-state index is 4.74. The average molecular weight is 322 g/mol. The van der Waals surface area contributed by atoms with Crippen LogP contribution in [-0.2, 0) is 12.8 Å². The van der Waals surface area contributed by atoms with E-state index in [4.69, 9.17) is 4.98 Å². The predicted octanol–water partition coefficient (Wildman–Crippen LogP) is 6.22. The fourth-order valence-corrected chi connectivity index (χ4v) is 2.43. The van der Waals surface area contributed by atoms with Crippen LogP contribution in [0.1, 0.15) is 44.8 Å². The maximum absolute atomic E-state index is 4.74. The number of H-pyrrole nitrogens is 1. The van der Waals surface area contributed by atoms with Gasteiger partial charge in [0.25, 0.3) is 0 Å². The van der Waals surface area contributed by atoms with E-state index in [1.807, 2.05) is 52.0 Å². The van der Waals surface area contributed by atoms with E-state index in [9.17, 15) is 0 Å².